The van der Waals surface area contributed by atoms with E-state index in [1.165, 1.54) is 11.8 Å². The molecular formula is C18H27N3O3S. The number of carbonyl (C=O) groups excluding carboxylic acids is 2. The molecule has 0 saturated carbocycles. The van der Waals surface area contributed by atoms with E-state index in [1.807, 2.05) is 29.2 Å². The minimum Gasteiger partial charge on any atom is -0.497 e. The Hall–Kier alpha value is -1.73. The molecule has 1 aromatic carbocycles. The van der Waals surface area contributed by atoms with Crippen LogP contribution in [-0.2, 0) is 9.59 Å². The van der Waals surface area contributed by atoms with E-state index in [0.717, 1.165) is 36.5 Å². The van der Waals surface area contributed by atoms with Crippen molar-refractivity contribution in [2.45, 2.75) is 36.6 Å². The molecule has 0 aromatic heterocycles. The van der Waals surface area contributed by atoms with Gasteiger partial charge in [0.1, 0.15) is 5.75 Å². The number of nitrogens with zero attached hydrogens (tertiary/aromatic N) is 1. The zero-order chi connectivity index (χ0) is 18.1. The molecule has 0 bridgehead atoms. The fourth-order valence-corrected chi connectivity index (χ4v) is 3.74. The molecule has 1 aromatic rings. The maximum atomic E-state index is 12.6. The van der Waals surface area contributed by atoms with Crippen LogP contribution in [0.15, 0.2) is 29.2 Å². The maximum absolute atomic E-state index is 12.6. The maximum Gasteiger partial charge on any atom is 0.233 e. The minimum atomic E-state index is -0.0498. The molecule has 3 N–H and O–H groups in total. The highest BCUT2D eigenvalue weighted by molar-refractivity contribution is 8.00. The Bertz CT molecular complexity index is 582. The number of methoxy groups -OCH3 is 1. The van der Waals surface area contributed by atoms with E-state index in [-0.39, 0.29) is 17.9 Å². The number of amides is 2. The summed E-state index contributed by atoms with van der Waals surface area (Å²) in [6.45, 7) is 1.61. The number of carbonyl (C=O) groups is 2. The topological polar surface area (TPSA) is 84.7 Å². The summed E-state index contributed by atoms with van der Waals surface area (Å²) in [5, 5.41) is 2.89. The van der Waals surface area contributed by atoms with Gasteiger partial charge in [-0.05, 0) is 37.5 Å². The van der Waals surface area contributed by atoms with Crippen LogP contribution >= 0.6 is 11.8 Å². The third-order valence-electron chi connectivity index (χ3n) is 4.26. The van der Waals surface area contributed by atoms with Gasteiger partial charge in [0.05, 0.1) is 12.9 Å². The standard InChI is InChI=1S/C18H27N3O3S/c1-24-15-6-4-7-16(11-15)25-13-18(23)21-10-3-2-5-14(21)12-20-17(22)8-9-19/h4,6-7,11,14H,2-3,5,8-10,12-13,19H2,1H3,(H,20,22). The van der Waals surface area contributed by atoms with E-state index < -0.39 is 0 Å². The molecular weight excluding hydrogens is 338 g/mol. The summed E-state index contributed by atoms with van der Waals surface area (Å²) < 4.78 is 5.21. The second-order valence-corrected chi connectivity index (χ2v) is 7.10. The Labute approximate surface area is 153 Å². The molecule has 0 aliphatic carbocycles. The summed E-state index contributed by atoms with van der Waals surface area (Å²) in [4.78, 5) is 27.2. The number of benzene rings is 1. The molecule has 6 nitrogen and oxygen atoms in total. The van der Waals surface area contributed by atoms with Crippen molar-refractivity contribution in [3.05, 3.63) is 24.3 Å². The third kappa shape index (κ3) is 6.25. The molecule has 1 atom stereocenters. The Balaban J connectivity index is 1.87. The normalized spacial score (nSPS) is 17.2. The fraction of sp³-hybridized carbons (Fsp3) is 0.556. The van der Waals surface area contributed by atoms with Crippen LogP contribution in [0.5, 0.6) is 5.75 Å². The highest BCUT2D eigenvalue weighted by Gasteiger charge is 2.26. The minimum absolute atomic E-state index is 0.0498. The number of hydrogen-bond donors (Lipinski definition) is 2. The number of nitrogens with two attached hydrogens (primary N) is 1. The first-order valence-corrected chi connectivity index (χ1v) is 9.65. The molecule has 0 radical (unpaired) electrons. The van der Waals surface area contributed by atoms with Gasteiger partial charge in [-0.3, -0.25) is 9.59 Å². The first-order valence-electron chi connectivity index (χ1n) is 8.67. The Morgan fingerprint density at radius 3 is 3.00 bits per heavy atom. The predicted octanol–water partition coefficient (Wildman–Crippen LogP) is 1.63. The smallest absolute Gasteiger partial charge is 0.233 e. The predicted molar refractivity (Wildman–Crippen MR) is 99.8 cm³/mol. The molecule has 0 spiro atoms. The lowest BCUT2D eigenvalue weighted by molar-refractivity contribution is -0.132. The Morgan fingerprint density at radius 2 is 2.24 bits per heavy atom. The summed E-state index contributed by atoms with van der Waals surface area (Å²) in [6, 6.07) is 7.78. The number of nitrogens with one attached hydrogen (secondary N) is 1. The lowest BCUT2D eigenvalue weighted by Gasteiger charge is -2.36. The van der Waals surface area contributed by atoms with Crippen LogP contribution in [0.2, 0.25) is 0 Å². The first kappa shape index (κ1) is 19.6. The van der Waals surface area contributed by atoms with E-state index in [2.05, 4.69) is 5.32 Å². The highest BCUT2D eigenvalue weighted by Crippen LogP contribution is 2.24. The average Bonchev–Trinajstić information content (AvgIpc) is 2.65. The van der Waals surface area contributed by atoms with Crippen LogP contribution in [0.4, 0.5) is 0 Å². The van der Waals surface area contributed by atoms with E-state index in [9.17, 15) is 9.59 Å². The summed E-state index contributed by atoms with van der Waals surface area (Å²) in [5.41, 5.74) is 5.39. The Kier molecular flexibility index (Phi) is 8.08. The summed E-state index contributed by atoms with van der Waals surface area (Å²) in [5.74, 6) is 1.24. The second-order valence-electron chi connectivity index (χ2n) is 6.05. The number of rotatable bonds is 8. The number of thioether (sulfide) groups is 1. The van der Waals surface area contributed by atoms with E-state index in [1.54, 1.807) is 7.11 Å². The SMILES string of the molecule is COc1cccc(SCC(=O)N2CCCCC2CNC(=O)CCN)c1. The largest absolute Gasteiger partial charge is 0.497 e. The van der Waals surface area contributed by atoms with E-state index in [0.29, 0.717) is 25.3 Å². The van der Waals surface area contributed by atoms with Crippen molar-refractivity contribution in [2.24, 2.45) is 5.73 Å². The van der Waals surface area contributed by atoms with Gasteiger partial charge in [0, 0.05) is 37.0 Å². The van der Waals surface area contributed by atoms with Gasteiger partial charge in [0.2, 0.25) is 11.8 Å². The van der Waals surface area contributed by atoms with Gasteiger partial charge < -0.3 is 20.7 Å². The van der Waals surface area contributed by atoms with Crippen molar-refractivity contribution in [1.29, 1.82) is 0 Å². The molecule has 2 rings (SSSR count). The van der Waals surface area contributed by atoms with Crippen LogP contribution in [0.3, 0.4) is 0 Å². The number of likely N-dealkylation sites (tertiary alicyclic amines) is 1. The molecule has 1 aliphatic heterocycles. The lowest BCUT2D eigenvalue weighted by Crippen LogP contribution is -2.50. The van der Waals surface area contributed by atoms with Crippen LogP contribution in [0, 0.1) is 0 Å². The van der Waals surface area contributed by atoms with Gasteiger partial charge in [-0.25, -0.2) is 0 Å². The molecule has 1 aliphatic rings. The van der Waals surface area contributed by atoms with Crippen molar-refractivity contribution >= 4 is 23.6 Å². The summed E-state index contributed by atoms with van der Waals surface area (Å²) >= 11 is 1.51. The molecule has 1 fully saturated rings. The van der Waals surface area contributed by atoms with Gasteiger partial charge in [0.25, 0.3) is 0 Å². The second kappa shape index (κ2) is 10.3. The zero-order valence-corrected chi connectivity index (χ0v) is 15.5. The summed E-state index contributed by atoms with van der Waals surface area (Å²) in [6.07, 6.45) is 3.36. The van der Waals surface area contributed by atoms with Crippen molar-refractivity contribution in [3.8, 4) is 5.75 Å². The van der Waals surface area contributed by atoms with Crippen molar-refractivity contribution in [1.82, 2.24) is 10.2 Å². The fourth-order valence-electron chi connectivity index (χ4n) is 2.91. The molecule has 2 amide bonds. The first-order chi connectivity index (χ1) is 12.1. The molecule has 1 unspecified atom stereocenters. The van der Waals surface area contributed by atoms with Gasteiger partial charge in [0.15, 0.2) is 0 Å². The van der Waals surface area contributed by atoms with Crippen molar-refractivity contribution in [2.75, 3.05) is 32.5 Å². The van der Waals surface area contributed by atoms with Crippen LogP contribution < -0.4 is 15.8 Å². The van der Waals surface area contributed by atoms with Crippen LogP contribution in [-0.4, -0.2) is 55.3 Å². The molecule has 1 heterocycles. The molecule has 138 valence electrons. The quantitative estimate of drug-likeness (QED) is 0.684. The van der Waals surface area contributed by atoms with Crippen molar-refractivity contribution in [3.63, 3.8) is 0 Å². The number of hydrogen-bond acceptors (Lipinski definition) is 5. The van der Waals surface area contributed by atoms with Gasteiger partial charge >= 0.3 is 0 Å². The van der Waals surface area contributed by atoms with Gasteiger partial charge in [-0.15, -0.1) is 11.8 Å². The lowest BCUT2D eigenvalue weighted by atomic mass is 10.0. The molecule has 25 heavy (non-hydrogen) atoms. The number of piperidine rings is 1. The zero-order valence-electron chi connectivity index (χ0n) is 14.7. The average molecular weight is 365 g/mol. The van der Waals surface area contributed by atoms with E-state index >= 15 is 0 Å². The monoisotopic (exact) mass is 365 g/mol. The molecule has 7 heteroatoms. The molecule has 1 saturated heterocycles. The highest BCUT2D eigenvalue weighted by atomic mass is 32.2. The number of ether oxygens (including phenoxy) is 1. The van der Waals surface area contributed by atoms with Gasteiger partial charge in [-0.2, -0.15) is 0 Å². The van der Waals surface area contributed by atoms with Crippen molar-refractivity contribution < 1.29 is 14.3 Å². The summed E-state index contributed by atoms with van der Waals surface area (Å²) in [7, 11) is 1.63. The van der Waals surface area contributed by atoms with Crippen LogP contribution in [0.1, 0.15) is 25.7 Å². The van der Waals surface area contributed by atoms with Crippen LogP contribution in [0.25, 0.3) is 0 Å². The van der Waals surface area contributed by atoms with Gasteiger partial charge in [-0.1, -0.05) is 6.07 Å². The Morgan fingerprint density at radius 1 is 1.40 bits per heavy atom. The third-order valence-corrected chi connectivity index (χ3v) is 5.24. The van der Waals surface area contributed by atoms with E-state index in [4.69, 9.17) is 10.5 Å².